The Labute approximate surface area is 144 Å². The minimum absolute atomic E-state index is 0.0642. The van der Waals surface area contributed by atoms with Gasteiger partial charge in [-0.15, -0.1) is 11.3 Å². The maximum atomic E-state index is 13.0. The molecule has 0 aromatic carbocycles. The Hall–Kier alpha value is -1.63. The van der Waals surface area contributed by atoms with Crippen LogP contribution in [0.3, 0.4) is 0 Å². The van der Waals surface area contributed by atoms with Crippen LogP contribution in [0.4, 0.5) is 0 Å². The van der Waals surface area contributed by atoms with E-state index >= 15 is 0 Å². The van der Waals surface area contributed by atoms with E-state index in [4.69, 9.17) is 9.15 Å². The van der Waals surface area contributed by atoms with Crippen LogP contribution in [0.15, 0.2) is 28.9 Å². The smallest absolute Gasteiger partial charge is 0.264 e. The van der Waals surface area contributed by atoms with Crippen LogP contribution in [-0.4, -0.2) is 41.7 Å². The lowest BCUT2D eigenvalue weighted by Crippen LogP contribution is -2.49. The summed E-state index contributed by atoms with van der Waals surface area (Å²) in [6.07, 6.45) is 4.62. The zero-order chi connectivity index (χ0) is 16.5. The van der Waals surface area contributed by atoms with Gasteiger partial charge in [0, 0.05) is 17.8 Å². The van der Waals surface area contributed by atoms with Crippen molar-refractivity contribution in [3.05, 3.63) is 45.5 Å². The van der Waals surface area contributed by atoms with Gasteiger partial charge >= 0.3 is 0 Å². The van der Waals surface area contributed by atoms with E-state index in [-0.39, 0.29) is 11.9 Å². The van der Waals surface area contributed by atoms with E-state index in [0.717, 1.165) is 17.7 Å². The predicted molar refractivity (Wildman–Crippen MR) is 90.3 cm³/mol. The van der Waals surface area contributed by atoms with Gasteiger partial charge in [0.15, 0.2) is 0 Å². The van der Waals surface area contributed by atoms with E-state index in [2.05, 4.69) is 6.07 Å². The van der Waals surface area contributed by atoms with Crippen LogP contribution in [0.1, 0.15) is 44.8 Å². The number of morpholine rings is 1. The average molecular weight is 347 g/mol. The Balaban J connectivity index is 1.49. The highest BCUT2D eigenvalue weighted by Crippen LogP contribution is 2.32. The number of fused-ring (bicyclic) bond motifs is 1. The highest BCUT2D eigenvalue weighted by Gasteiger charge is 2.32. The summed E-state index contributed by atoms with van der Waals surface area (Å²) in [5, 5.41) is 10.3. The van der Waals surface area contributed by atoms with Crippen LogP contribution in [0.5, 0.6) is 0 Å². The number of hydrogen-bond acceptors (Lipinski definition) is 5. The van der Waals surface area contributed by atoms with Crippen LogP contribution in [-0.2, 0) is 17.6 Å². The molecular formula is C18H21NO4S. The maximum absolute atomic E-state index is 13.0. The number of aryl methyl sites for hydroxylation is 2. The first-order valence-electron chi connectivity index (χ1n) is 8.44. The first-order valence-corrected chi connectivity index (χ1v) is 9.26. The normalized spacial score (nSPS) is 21.7. The van der Waals surface area contributed by atoms with E-state index in [1.807, 2.05) is 4.90 Å². The van der Waals surface area contributed by atoms with Crippen molar-refractivity contribution >= 4 is 17.2 Å². The van der Waals surface area contributed by atoms with Crippen molar-refractivity contribution in [2.24, 2.45) is 0 Å². The van der Waals surface area contributed by atoms with Crippen molar-refractivity contribution in [1.82, 2.24) is 4.90 Å². The van der Waals surface area contributed by atoms with Gasteiger partial charge in [-0.2, -0.15) is 0 Å². The predicted octanol–water partition coefficient (Wildman–Crippen LogP) is 2.79. The molecule has 1 fully saturated rings. The minimum atomic E-state index is -0.727. The number of hydrogen-bond donors (Lipinski definition) is 1. The summed E-state index contributed by atoms with van der Waals surface area (Å²) >= 11 is 1.63. The van der Waals surface area contributed by atoms with Crippen LogP contribution in [0.2, 0.25) is 0 Å². The molecule has 4 rings (SSSR count). The van der Waals surface area contributed by atoms with E-state index in [1.54, 1.807) is 29.7 Å². The third-order valence-electron chi connectivity index (χ3n) is 4.81. The first kappa shape index (κ1) is 15.9. The molecule has 0 spiro atoms. The van der Waals surface area contributed by atoms with E-state index in [1.165, 1.54) is 16.9 Å². The van der Waals surface area contributed by atoms with Crippen molar-refractivity contribution in [1.29, 1.82) is 0 Å². The number of aliphatic hydroxyl groups is 1. The molecule has 2 atom stereocenters. The zero-order valence-electron chi connectivity index (χ0n) is 13.4. The third-order valence-corrected chi connectivity index (χ3v) is 6.04. The van der Waals surface area contributed by atoms with E-state index < -0.39 is 6.10 Å². The molecule has 0 saturated carbocycles. The SMILES string of the molecule is O=C(c1cc2c(s1)CCC2)N1CCOC[C@H]1C[C@H](O)c1ccco1. The second kappa shape index (κ2) is 6.70. The number of amides is 1. The number of carbonyl (C=O) groups is 1. The Kier molecular flexibility index (Phi) is 4.43. The van der Waals surface area contributed by atoms with Gasteiger partial charge in [0.05, 0.1) is 30.4 Å². The van der Waals surface area contributed by atoms with Gasteiger partial charge < -0.3 is 19.2 Å². The van der Waals surface area contributed by atoms with Gasteiger partial charge in [-0.3, -0.25) is 4.79 Å². The van der Waals surface area contributed by atoms with Gasteiger partial charge in [-0.1, -0.05) is 0 Å². The van der Waals surface area contributed by atoms with Crippen molar-refractivity contribution in [3.63, 3.8) is 0 Å². The Morgan fingerprint density at radius 2 is 2.38 bits per heavy atom. The molecule has 6 heteroatoms. The number of carbonyl (C=O) groups excluding carboxylic acids is 1. The lowest BCUT2D eigenvalue weighted by atomic mass is 10.0. The van der Waals surface area contributed by atoms with Gasteiger partial charge in [-0.05, 0) is 43.0 Å². The molecule has 1 aliphatic heterocycles. The molecule has 1 amide bonds. The molecule has 1 saturated heterocycles. The third kappa shape index (κ3) is 3.01. The number of rotatable bonds is 4. The second-order valence-corrected chi connectivity index (χ2v) is 7.54. The molecule has 24 heavy (non-hydrogen) atoms. The van der Waals surface area contributed by atoms with Gasteiger partial charge in [0.2, 0.25) is 0 Å². The molecule has 1 aliphatic carbocycles. The Bertz CT molecular complexity index is 687. The lowest BCUT2D eigenvalue weighted by molar-refractivity contribution is -0.0193. The van der Waals surface area contributed by atoms with Crippen molar-refractivity contribution in [3.8, 4) is 0 Å². The molecule has 5 nitrogen and oxygen atoms in total. The molecule has 1 N–H and O–H groups in total. The monoisotopic (exact) mass is 347 g/mol. The highest BCUT2D eigenvalue weighted by atomic mass is 32.1. The summed E-state index contributed by atoms with van der Waals surface area (Å²) in [5.41, 5.74) is 1.34. The summed E-state index contributed by atoms with van der Waals surface area (Å²) in [4.78, 5) is 17.0. The Morgan fingerprint density at radius 1 is 1.46 bits per heavy atom. The molecule has 2 aromatic heterocycles. The van der Waals surface area contributed by atoms with Crippen LogP contribution < -0.4 is 0 Å². The van der Waals surface area contributed by atoms with E-state index in [0.29, 0.717) is 31.9 Å². The summed E-state index contributed by atoms with van der Waals surface area (Å²) in [7, 11) is 0. The fraction of sp³-hybridized carbons (Fsp3) is 0.500. The summed E-state index contributed by atoms with van der Waals surface area (Å²) in [5.74, 6) is 0.595. The molecule has 3 heterocycles. The van der Waals surface area contributed by atoms with Gasteiger partial charge in [0.1, 0.15) is 11.9 Å². The van der Waals surface area contributed by atoms with Crippen molar-refractivity contribution < 1.29 is 19.1 Å². The van der Waals surface area contributed by atoms with Gasteiger partial charge in [-0.25, -0.2) is 0 Å². The summed E-state index contributed by atoms with van der Waals surface area (Å²) < 4.78 is 10.8. The highest BCUT2D eigenvalue weighted by molar-refractivity contribution is 7.14. The first-order chi connectivity index (χ1) is 11.7. The molecule has 0 unspecified atom stereocenters. The standard InChI is InChI=1S/C18H21NO4S/c20-14(15-4-2-7-23-15)10-13-11-22-8-6-19(13)18(21)17-9-12-3-1-5-16(12)24-17/h2,4,7,9,13-14,20H,1,3,5-6,8,10-11H2/t13-,14+/m1/s1. The van der Waals surface area contributed by atoms with Gasteiger partial charge in [0.25, 0.3) is 5.91 Å². The molecule has 2 aliphatic rings. The fourth-order valence-corrected chi connectivity index (χ4v) is 4.76. The molecule has 0 radical (unpaired) electrons. The van der Waals surface area contributed by atoms with Crippen molar-refractivity contribution in [2.75, 3.05) is 19.8 Å². The largest absolute Gasteiger partial charge is 0.467 e. The fourth-order valence-electron chi connectivity index (χ4n) is 3.55. The Morgan fingerprint density at radius 3 is 3.17 bits per heavy atom. The number of thiophene rings is 1. The average Bonchev–Trinajstić information content (AvgIpc) is 3.31. The van der Waals surface area contributed by atoms with Crippen LogP contribution in [0, 0.1) is 0 Å². The molecule has 128 valence electrons. The van der Waals surface area contributed by atoms with E-state index in [9.17, 15) is 9.90 Å². The second-order valence-electron chi connectivity index (χ2n) is 6.41. The number of nitrogens with zero attached hydrogens (tertiary/aromatic N) is 1. The lowest BCUT2D eigenvalue weighted by Gasteiger charge is -2.36. The topological polar surface area (TPSA) is 62.9 Å². The zero-order valence-corrected chi connectivity index (χ0v) is 14.3. The van der Waals surface area contributed by atoms with Crippen LogP contribution in [0.25, 0.3) is 0 Å². The quantitative estimate of drug-likeness (QED) is 0.924. The van der Waals surface area contributed by atoms with Crippen LogP contribution >= 0.6 is 11.3 Å². The minimum Gasteiger partial charge on any atom is -0.467 e. The number of furan rings is 1. The summed E-state index contributed by atoms with van der Waals surface area (Å²) in [6, 6.07) is 5.43. The maximum Gasteiger partial charge on any atom is 0.264 e. The number of ether oxygens (including phenoxy) is 1. The summed E-state index contributed by atoms with van der Waals surface area (Å²) in [6.45, 7) is 1.57. The molecular weight excluding hydrogens is 326 g/mol. The number of aliphatic hydroxyl groups excluding tert-OH is 1. The molecule has 2 aromatic rings. The van der Waals surface area contributed by atoms with Crippen molar-refractivity contribution in [2.45, 2.75) is 37.8 Å². The molecule has 0 bridgehead atoms.